The van der Waals surface area contributed by atoms with Crippen LogP contribution >= 0.6 is 0 Å². The molecule has 0 amide bonds. The maximum atomic E-state index is 11.4. The Labute approximate surface area is 119 Å². The van der Waals surface area contributed by atoms with Crippen molar-refractivity contribution in [2.24, 2.45) is 11.8 Å². The average Bonchev–Trinajstić information content (AvgIpc) is 2.94. The number of phenols is 1. The lowest BCUT2D eigenvalue weighted by atomic mass is 10.00. The Morgan fingerprint density at radius 2 is 2.15 bits per heavy atom. The van der Waals surface area contributed by atoms with E-state index < -0.39 is 0 Å². The van der Waals surface area contributed by atoms with Crippen molar-refractivity contribution in [3.63, 3.8) is 0 Å². The fraction of sp³-hybridized carbons (Fsp3) is 0.562. The number of benzene rings is 1. The molecule has 2 aliphatic rings. The van der Waals surface area contributed by atoms with E-state index in [9.17, 15) is 15.0 Å². The summed E-state index contributed by atoms with van der Waals surface area (Å²) in [4.78, 5) is 13.7. The molecule has 2 N–H and O–H groups in total. The molecule has 4 nitrogen and oxygen atoms in total. The monoisotopic (exact) mass is 275 g/mol. The molecular weight excluding hydrogens is 254 g/mol. The Hall–Kier alpha value is -1.39. The van der Waals surface area contributed by atoms with Gasteiger partial charge in [0.2, 0.25) is 0 Å². The zero-order valence-electron chi connectivity index (χ0n) is 11.7. The molecule has 1 aliphatic heterocycles. The standard InChI is InChI=1S/C16H21NO3/c1-10(18)11-2-4-15(19)13(6-11)8-17-7-12-3-5-16(20)14(12)9-17/h2,4,6,12,14,16,19-20H,3,5,7-9H2,1H3. The average molecular weight is 275 g/mol. The minimum Gasteiger partial charge on any atom is -0.508 e. The van der Waals surface area contributed by atoms with Crippen LogP contribution in [0.2, 0.25) is 0 Å². The molecule has 4 heteroatoms. The third-order valence-corrected chi connectivity index (χ3v) is 4.77. The second-order valence-electron chi connectivity index (χ2n) is 6.16. The number of ketones is 1. The van der Waals surface area contributed by atoms with Gasteiger partial charge in [-0.05, 0) is 43.9 Å². The van der Waals surface area contributed by atoms with Crippen LogP contribution in [-0.2, 0) is 6.54 Å². The number of carbonyl (C=O) groups excluding carboxylic acids is 1. The lowest BCUT2D eigenvalue weighted by Gasteiger charge is -2.19. The van der Waals surface area contributed by atoms with E-state index in [1.165, 1.54) is 6.92 Å². The lowest BCUT2D eigenvalue weighted by molar-refractivity contribution is 0.101. The van der Waals surface area contributed by atoms with Gasteiger partial charge in [-0.3, -0.25) is 9.69 Å². The first-order valence-corrected chi connectivity index (χ1v) is 7.28. The van der Waals surface area contributed by atoms with Crippen molar-refractivity contribution in [3.8, 4) is 5.75 Å². The van der Waals surface area contributed by atoms with Gasteiger partial charge in [0.15, 0.2) is 5.78 Å². The number of nitrogens with zero attached hydrogens (tertiary/aromatic N) is 1. The van der Waals surface area contributed by atoms with Crippen molar-refractivity contribution in [2.45, 2.75) is 32.4 Å². The van der Waals surface area contributed by atoms with Gasteiger partial charge in [0, 0.05) is 36.7 Å². The molecule has 1 saturated heterocycles. The Balaban J connectivity index is 1.72. The number of fused-ring (bicyclic) bond motifs is 1. The van der Waals surface area contributed by atoms with E-state index in [0.29, 0.717) is 23.9 Å². The van der Waals surface area contributed by atoms with Crippen LogP contribution in [0.3, 0.4) is 0 Å². The summed E-state index contributed by atoms with van der Waals surface area (Å²) >= 11 is 0. The highest BCUT2D eigenvalue weighted by Gasteiger charge is 2.41. The molecule has 0 bridgehead atoms. The van der Waals surface area contributed by atoms with Gasteiger partial charge < -0.3 is 10.2 Å². The van der Waals surface area contributed by atoms with Crippen molar-refractivity contribution < 1.29 is 15.0 Å². The van der Waals surface area contributed by atoms with Gasteiger partial charge in [-0.25, -0.2) is 0 Å². The molecule has 3 atom stereocenters. The highest BCUT2D eigenvalue weighted by Crippen LogP contribution is 2.39. The summed E-state index contributed by atoms with van der Waals surface area (Å²) in [5, 5.41) is 19.9. The first-order valence-electron chi connectivity index (χ1n) is 7.28. The summed E-state index contributed by atoms with van der Waals surface area (Å²) in [5.41, 5.74) is 1.43. The molecule has 20 heavy (non-hydrogen) atoms. The van der Waals surface area contributed by atoms with Crippen molar-refractivity contribution in [3.05, 3.63) is 29.3 Å². The Morgan fingerprint density at radius 3 is 2.85 bits per heavy atom. The number of phenolic OH excluding ortho intramolecular Hbond substituents is 1. The molecule has 3 rings (SSSR count). The summed E-state index contributed by atoms with van der Waals surface area (Å²) in [5.74, 6) is 1.23. The third-order valence-electron chi connectivity index (χ3n) is 4.77. The van der Waals surface area contributed by atoms with Gasteiger partial charge in [0.25, 0.3) is 0 Å². The lowest BCUT2D eigenvalue weighted by Crippen LogP contribution is -2.24. The summed E-state index contributed by atoms with van der Waals surface area (Å²) in [7, 11) is 0. The molecule has 1 aliphatic carbocycles. The molecule has 1 aromatic carbocycles. The molecule has 1 heterocycles. The van der Waals surface area contributed by atoms with Crippen LogP contribution in [0.5, 0.6) is 5.75 Å². The quantitative estimate of drug-likeness (QED) is 0.826. The number of aliphatic hydroxyl groups excluding tert-OH is 1. The molecule has 3 unspecified atom stereocenters. The van der Waals surface area contributed by atoms with Gasteiger partial charge in [-0.15, -0.1) is 0 Å². The largest absolute Gasteiger partial charge is 0.508 e. The van der Waals surface area contributed by atoms with E-state index >= 15 is 0 Å². The van der Waals surface area contributed by atoms with E-state index in [4.69, 9.17) is 0 Å². The minimum atomic E-state index is -0.165. The molecule has 1 aromatic rings. The summed E-state index contributed by atoms with van der Waals surface area (Å²) in [6.45, 7) is 4.04. The van der Waals surface area contributed by atoms with E-state index in [2.05, 4.69) is 4.90 Å². The number of carbonyl (C=O) groups is 1. The predicted octanol–water partition coefficient (Wildman–Crippen LogP) is 1.80. The second kappa shape index (κ2) is 5.19. The SMILES string of the molecule is CC(=O)c1ccc(O)c(CN2CC3CCC(O)C3C2)c1. The number of aliphatic hydroxyl groups is 1. The summed E-state index contributed by atoms with van der Waals surface area (Å²) in [6, 6.07) is 5.03. The molecule has 0 aromatic heterocycles. The van der Waals surface area contributed by atoms with Gasteiger partial charge in [0.05, 0.1) is 6.10 Å². The van der Waals surface area contributed by atoms with Gasteiger partial charge in [-0.2, -0.15) is 0 Å². The zero-order valence-corrected chi connectivity index (χ0v) is 11.7. The Kier molecular flexibility index (Phi) is 3.52. The first kappa shape index (κ1) is 13.6. The van der Waals surface area contributed by atoms with Gasteiger partial charge in [-0.1, -0.05) is 0 Å². The van der Waals surface area contributed by atoms with Crippen LogP contribution in [0.4, 0.5) is 0 Å². The molecule has 2 fully saturated rings. The van der Waals surface area contributed by atoms with Crippen LogP contribution < -0.4 is 0 Å². The van der Waals surface area contributed by atoms with Gasteiger partial charge in [0.1, 0.15) is 5.75 Å². The Morgan fingerprint density at radius 1 is 1.35 bits per heavy atom. The topological polar surface area (TPSA) is 60.8 Å². The fourth-order valence-electron chi connectivity index (χ4n) is 3.63. The number of hydrogen-bond donors (Lipinski definition) is 2. The van der Waals surface area contributed by atoms with E-state index in [1.54, 1.807) is 18.2 Å². The highest BCUT2D eigenvalue weighted by atomic mass is 16.3. The molecule has 108 valence electrons. The Bertz CT molecular complexity index is 528. The van der Waals surface area contributed by atoms with Crippen molar-refractivity contribution >= 4 is 5.78 Å². The molecular formula is C16H21NO3. The van der Waals surface area contributed by atoms with E-state index in [0.717, 1.165) is 31.5 Å². The smallest absolute Gasteiger partial charge is 0.159 e. The van der Waals surface area contributed by atoms with Crippen molar-refractivity contribution in [2.75, 3.05) is 13.1 Å². The van der Waals surface area contributed by atoms with Crippen LogP contribution in [0.15, 0.2) is 18.2 Å². The normalized spacial score (nSPS) is 29.6. The maximum absolute atomic E-state index is 11.4. The minimum absolute atomic E-state index is 0.0139. The third kappa shape index (κ3) is 2.45. The van der Waals surface area contributed by atoms with Crippen LogP contribution in [0.1, 0.15) is 35.7 Å². The molecule has 0 spiro atoms. The van der Waals surface area contributed by atoms with Crippen LogP contribution in [-0.4, -0.2) is 40.1 Å². The van der Waals surface area contributed by atoms with Crippen molar-refractivity contribution in [1.29, 1.82) is 0 Å². The van der Waals surface area contributed by atoms with E-state index in [1.807, 2.05) is 0 Å². The zero-order chi connectivity index (χ0) is 14.3. The molecule has 1 saturated carbocycles. The predicted molar refractivity (Wildman–Crippen MR) is 75.6 cm³/mol. The van der Waals surface area contributed by atoms with Crippen LogP contribution in [0, 0.1) is 11.8 Å². The van der Waals surface area contributed by atoms with Crippen LogP contribution in [0.25, 0.3) is 0 Å². The van der Waals surface area contributed by atoms with Crippen molar-refractivity contribution in [1.82, 2.24) is 4.90 Å². The van der Waals surface area contributed by atoms with Gasteiger partial charge >= 0.3 is 0 Å². The number of Topliss-reactive ketones (excluding diaryl/α,β-unsaturated/α-hetero) is 1. The number of likely N-dealkylation sites (tertiary alicyclic amines) is 1. The number of aromatic hydroxyl groups is 1. The maximum Gasteiger partial charge on any atom is 0.159 e. The number of rotatable bonds is 3. The number of hydrogen-bond acceptors (Lipinski definition) is 4. The summed E-state index contributed by atoms with van der Waals surface area (Å²) < 4.78 is 0. The highest BCUT2D eigenvalue weighted by molar-refractivity contribution is 5.94. The summed E-state index contributed by atoms with van der Waals surface area (Å²) in [6.07, 6.45) is 1.86. The molecule has 0 radical (unpaired) electrons. The fourth-order valence-corrected chi connectivity index (χ4v) is 3.63. The second-order valence-corrected chi connectivity index (χ2v) is 6.16. The van der Waals surface area contributed by atoms with E-state index in [-0.39, 0.29) is 17.6 Å². The first-order chi connectivity index (χ1) is 9.54.